The average Bonchev–Trinajstić information content (AvgIpc) is 2.75. The van der Waals surface area contributed by atoms with Crippen LogP contribution in [-0.4, -0.2) is 35.4 Å². The molecule has 162 valence electrons. The summed E-state index contributed by atoms with van der Waals surface area (Å²) < 4.78 is 16.3. The maximum Gasteiger partial charge on any atom is 0.341 e. The molecular weight excluding hydrogens is 404 g/mol. The molecule has 8 heteroatoms. The molecule has 8 nitrogen and oxygen atoms in total. The van der Waals surface area contributed by atoms with Gasteiger partial charge in [0, 0.05) is 12.5 Å². The topological polar surface area (TPSA) is 123 Å². The van der Waals surface area contributed by atoms with Crippen LogP contribution in [-0.2, 0) is 9.59 Å². The van der Waals surface area contributed by atoms with Crippen LogP contribution in [0, 0.1) is 0 Å². The van der Waals surface area contributed by atoms with Gasteiger partial charge >= 0.3 is 11.9 Å². The molecule has 3 aromatic rings. The van der Waals surface area contributed by atoms with Gasteiger partial charge in [0.2, 0.25) is 0 Å². The van der Waals surface area contributed by atoms with Crippen LogP contribution >= 0.6 is 0 Å². The van der Waals surface area contributed by atoms with Crippen molar-refractivity contribution < 1.29 is 33.7 Å². The van der Waals surface area contributed by atoms with Crippen LogP contribution in [0.5, 0.6) is 11.5 Å². The van der Waals surface area contributed by atoms with E-state index in [0.29, 0.717) is 46.6 Å². The van der Waals surface area contributed by atoms with Gasteiger partial charge in [-0.05, 0) is 49.1 Å². The van der Waals surface area contributed by atoms with Crippen molar-refractivity contribution in [3.05, 3.63) is 59.0 Å². The first-order valence-corrected chi connectivity index (χ1v) is 9.79. The summed E-state index contributed by atoms with van der Waals surface area (Å²) in [5.74, 6) is -0.924. The van der Waals surface area contributed by atoms with Crippen LogP contribution in [0.4, 0.5) is 0 Å². The van der Waals surface area contributed by atoms with Gasteiger partial charge in [-0.25, -0.2) is 4.79 Å². The van der Waals surface area contributed by atoms with Gasteiger partial charge in [-0.2, -0.15) is 0 Å². The summed E-state index contributed by atoms with van der Waals surface area (Å²) >= 11 is 0. The number of hydrogen-bond acceptors (Lipinski definition) is 6. The molecule has 2 N–H and O–H groups in total. The number of hydrogen-bond donors (Lipinski definition) is 2. The third-order valence-corrected chi connectivity index (χ3v) is 4.58. The molecular formula is C23H22O8. The lowest BCUT2D eigenvalue weighted by Crippen LogP contribution is -2.10. The van der Waals surface area contributed by atoms with E-state index in [2.05, 4.69) is 0 Å². The predicted octanol–water partition coefficient (Wildman–Crippen LogP) is 3.95. The summed E-state index contributed by atoms with van der Waals surface area (Å²) in [6.45, 7) is 0.00788. The summed E-state index contributed by atoms with van der Waals surface area (Å²) in [4.78, 5) is 33.9. The zero-order valence-electron chi connectivity index (χ0n) is 16.7. The molecule has 1 heterocycles. The second kappa shape index (κ2) is 10.3. The average molecular weight is 426 g/mol. The largest absolute Gasteiger partial charge is 0.494 e. The number of rotatable bonds is 11. The van der Waals surface area contributed by atoms with Crippen molar-refractivity contribution in [3.8, 4) is 22.6 Å². The van der Waals surface area contributed by atoms with Crippen molar-refractivity contribution in [2.24, 2.45) is 0 Å². The minimum atomic E-state index is -1.09. The van der Waals surface area contributed by atoms with E-state index in [9.17, 15) is 14.4 Å². The molecule has 0 aliphatic carbocycles. The Kier molecular flexibility index (Phi) is 7.26. The lowest BCUT2D eigenvalue weighted by molar-refractivity contribution is -0.139. The molecule has 0 amide bonds. The maximum atomic E-state index is 12.8. The molecule has 0 aliphatic rings. The van der Waals surface area contributed by atoms with Gasteiger partial charge in [-0.3, -0.25) is 9.59 Å². The maximum absolute atomic E-state index is 12.8. The first-order valence-electron chi connectivity index (χ1n) is 9.79. The fraction of sp³-hybridized carbons (Fsp3) is 0.261. The summed E-state index contributed by atoms with van der Waals surface area (Å²) in [5.41, 5.74) is 1.17. The highest BCUT2D eigenvalue weighted by molar-refractivity contribution is 5.82. The molecule has 0 spiro atoms. The van der Waals surface area contributed by atoms with Gasteiger partial charge in [-0.15, -0.1) is 0 Å². The summed E-state index contributed by atoms with van der Waals surface area (Å²) in [5, 5.41) is 17.7. The number of fused-ring (bicyclic) bond motifs is 1. The van der Waals surface area contributed by atoms with E-state index < -0.39 is 18.5 Å². The third-order valence-electron chi connectivity index (χ3n) is 4.58. The number of unbranched alkanes of at least 4 members (excludes halogenated alkanes) is 2. The van der Waals surface area contributed by atoms with Crippen LogP contribution in [0.15, 0.2) is 57.9 Å². The smallest absolute Gasteiger partial charge is 0.341 e. The number of carboxylic acid groups (broad SMARTS) is 2. The van der Waals surface area contributed by atoms with Gasteiger partial charge in [-0.1, -0.05) is 12.1 Å². The summed E-state index contributed by atoms with van der Waals surface area (Å²) in [6, 6.07) is 11.6. The third kappa shape index (κ3) is 6.08. The molecule has 0 aliphatic heterocycles. The first-order chi connectivity index (χ1) is 14.9. The van der Waals surface area contributed by atoms with Gasteiger partial charge in [0.05, 0.1) is 17.6 Å². The molecule has 2 aromatic carbocycles. The molecule has 31 heavy (non-hydrogen) atoms. The van der Waals surface area contributed by atoms with E-state index in [-0.39, 0.29) is 11.8 Å². The molecule has 3 rings (SSSR count). The van der Waals surface area contributed by atoms with E-state index in [1.54, 1.807) is 30.3 Å². The Morgan fingerprint density at radius 2 is 1.61 bits per heavy atom. The molecule has 0 radical (unpaired) electrons. The van der Waals surface area contributed by atoms with Crippen molar-refractivity contribution in [3.63, 3.8) is 0 Å². The lowest BCUT2D eigenvalue weighted by atomic mass is 10.1. The van der Waals surface area contributed by atoms with Crippen molar-refractivity contribution in [1.82, 2.24) is 0 Å². The Balaban J connectivity index is 1.65. The zero-order valence-corrected chi connectivity index (χ0v) is 16.7. The van der Waals surface area contributed by atoms with Crippen molar-refractivity contribution in [2.45, 2.75) is 25.7 Å². The number of aliphatic carboxylic acids is 2. The van der Waals surface area contributed by atoms with Gasteiger partial charge in [0.1, 0.15) is 23.3 Å². The second-order valence-corrected chi connectivity index (χ2v) is 6.90. The van der Waals surface area contributed by atoms with E-state index >= 15 is 0 Å². The monoisotopic (exact) mass is 426 g/mol. The standard InChI is InChI=1S/C23H22O8/c24-21(25)4-2-1-3-11-29-16-7-5-15(6-8-16)19-13-31-20-12-17(30-14-22(26)27)9-10-18(20)23(19)28/h5-10,12-13H,1-4,11,14H2,(H,24,25)(H,26,27). The van der Waals surface area contributed by atoms with Crippen LogP contribution in [0.25, 0.3) is 22.1 Å². The minimum absolute atomic E-state index is 0.166. The second-order valence-electron chi connectivity index (χ2n) is 6.90. The van der Waals surface area contributed by atoms with E-state index in [1.165, 1.54) is 18.4 Å². The number of benzene rings is 2. The Morgan fingerprint density at radius 1 is 0.871 bits per heavy atom. The minimum Gasteiger partial charge on any atom is -0.494 e. The van der Waals surface area contributed by atoms with Gasteiger partial charge in [0.15, 0.2) is 12.0 Å². The Morgan fingerprint density at radius 3 is 2.32 bits per heavy atom. The Bertz CT molecular complexity index is 1110. The fourth-order valence-corrected chi connectivity index (χ4v) is 3.02. The Labute approximate surface area is 177 Å². The predicted molar refractivity (Wildman–Crippen MR) is 113 cm³/mol. The molecule has 0 unspecified atom stereocenters. The molecule has 0 saturated heterocycles. The normalized spacial score (nSPS) is 10.7. The number of ether oxygens (including phenoxy) is 2. The highest BCUT2D eigenvalue weighted by Gasteiger charge is 2.11. The van der Waals surface area contributed by atoms with E-state index in [0.717, 1.165) is 12.8 Å². The van der Waals surface area contributed by atoms with Crippen LogP contribution in [0.3, 0.4) is 0 Å². The molecule has 1 aromatic heterocycles. The molecule has 0 atom stereocenters. The van der Waals surface area contributed by atoms with Crippen molar-refractivity contribution in [2.75, 3.05) is 13.2 Å². The van der Waals surface area contributed by atoms with Crippen molar-refractivity contribution in [1.29, 1.82) is 0 Å². The fourth-order valence-electron chi connectivity index (χ4n) is 3.02. The molecule has 0 saturated carbocycles. The lowest BCUT2D eigenvalue weighted by Gasteiger charge is -2.08. The zero-order chi connectivity index (χ0) is 22.2. The summed E-state index contributed by atoms with van der Waals surface area (Å²) in [6.07, 6.45) is 3.71. The van der Waals surface area contributed by atoms with E-state index in [4.69, 9.17) is 24.1 Å². The highest BCUT2D eigenvalue weighted by Crippen LogP contribution is 2.24. The van der Waals surface area contributed by atoms with Crippen LogP contribution in [0.2, 0.25) is 0 Å². The highest BCUT2D eigenvalue weighted by atomic mass is 16.5. The summed E-state index contributed by atoms with van der Waals surface area (Å²) in [7, 11) is 0. The molecule has 0 fully saturated rings. The number of carbonyl (C=O) groups is 2. The van der Waals surface area contributed by atoms with Gasteiger partial charge < -0.3 is 24.1 Å². The Hall–Kier alpha value is -3.81. The number of carboxylic acids is 2. The SMILES string of the molecule is O=C(O)CCCCCOc1ccc(-c2coc3cc(OCC(=O)O)ccc3c2=O)cc1. The van der Waals surface area contributed by atoms with E-state index in [1.807, 2.05) is 0 Å². The van der Waals surface area contributed by atoms with Crippen LogP contribution < -0.4 is 14.9 Å². The molecule has 0 bridgehead atoms. The van der Waals surface area contributed by atoms with Crippen molar-refractivity contribution >= 4 is 22.9 Å². The quantitative estimate of drug-likeness (QED) is 0.442. The first kappa shape index (κ1) is 21.9. The van der Waals surface area contributed by atoms with Crippen LogP contribution in [0.1, 0.15) is 25.7 Å². The van der Waals surface area contributed by atoms with Gasteiger partial charge in [0.25, 0.3) is 0 Å².